The van der Waals surface area contributed by atoms with Crippen LogP contribution in [-0.4, -0.2) is 20.8 Å². The van der Waals surface area contributed by atoms with Crippen molar-refractivity contribution >= 4 is 28.5 Å². The summed E-state index contributed by atoms with van der Waals surface area (Å²) in [6.07, 6.45) is 1.78. The molecule has 29 heavy (non-hydrogen) atoms. The fourth-order valence-corrected chi connectivity index (χ4v) is 3.57. The van der Waals surface area contributed by atoms with Crippen LogP contribution < -0.4 is 11.3 Å². The second-order valence-electron chi connectivity index (χ2n) is 6.45. The van der Waals surface area contributed by atoms with Gasteiger partial charge in [0.15, 0.2) is 10.8 Å². The number of benzene rings is 2. The minimum Gasteiger partial charge on any atom is -0.399 e. The van der Waals surface area contributed by atoms with Crippen molar-refractivity contribution in [3.05, 3.63) is 76.1 Å². The van der Waals surface area contributed by atoms with Crippen molar-refractivity contribution in [1.29, 1.82) is 0 Å². The number of aryl methyl sites for hydroxylation is 1. The molecule has 0 unspecified atom stereocenters. The third-order valence-electron chi connectivity index (χ3n) is 4.59. The first-order chi connectivity index (χ1) is 13.9. The van der Waals surface area contributed by atoms with Gasteiger partial charge in [-0.1, -0.05) is 23.9 Å². The van der Waals surface area contributed by atoms with Crippen molar-refractivity contribution in [2.45, 2.75) is 12.1 Å². The van der Waals surface area contributed by atoms with Gasteiger partial charge >= 0.3 is 0 Å². The zero-order chi connectivity index (χ0) is 20.7. The lowest BCUT2D eigenvalue weighted by atomic mass is 10.0. The lowest BCUT2D eigenvalue weighted by molar-refractivity contribution is 0.568. The fourth-order valence-electron chi connectivity index (χ4n) is 3.21. The van der Waals surface area contributed by atoms with E-state index in [0.717, 1.165) is 27.8 Å². The molecule has 0 amide bonds. The van der Waals surface area contributed by atoms with Crippen molar-refractivity contribution in [1.82, 2.24) is 14.5 Å². The minimum atomic E-state index is -0.856. The number of nitrogens with two attached hydrogens (primary N) is 1. The van der Waals surface area contributed by atoms with Crippen LogP contribution in [0.1, 0.15) is 5.56 Å². The second-order valence-corrected chi connectivity index (χ2v) is 7.22. The van der Waals surface area contributed by atoms with E-state index in [4.69, 9.17) is 5.73 Å². The number of anilines is 1. The van der Waals surface area contributed by atoms with E-state index in [9.17, 15) is 13.6 Å². The Bertz CT molecular complexity index is 1300. The van der Waals surface area contributed by atoms with E-state index >= 15 is 0 Å². The van der Waals surface area contributed by atoms with Crippen LogP contribution in [0.15, 0.2) is 58.5 Å². The van der Waals surface area contributed by atoms with Gasteiger partial charge in [0.2, 0.25) is 0 Å². The van der Waals surface area contributed by atoms with Crippen LogP contribution >= 0.6 is 11.8 Å². The maximum Gasteiger partial charge on any atom is 0.256 e. The second kappa shape index (κ2) is 7.29. The predicted molar refractivity (Wildman–Crippen MR) is 111 cm³/mol. The molecular weight excluding hydrogens is 394 g/mol. The molecule has 2 aromatic heterocycles. The summed E-state index contributed by atoms with van der Waals surface area (Å²) in [4.78, 5) is 21.6. The van der Waals surface area contributed by atoms with E-state index in [0.29, 0.717) is 21.9 Å². The molecule has 4 rings (SSSR count). The van der Waals surface area contributed by atoms with Crippen LogP contribution in [0.3, 0.4) is 0 Å². The topological polar surface area (TPSA) is 73.8 Å². The molecule has 4 aromatic rings. The number of nitrogen functional groups attached to an aromatic ring is 1. The summed E-state index contributed by atoms with van der Waals surface area (Å²) >= 11 is 1.26. The molecule has 2 aromatic carbocycles. The van der Waals surface area contributed by atoms with Crippen LogP contribution in [0.5, 0.6) is 0 Å². The fraction of sp³-hybridized carbons (Fsp3) is 0.0952. The quantitative estimate of drug-likeness (QED) is 0.309. The molecule has 0 aliphatic rings. The summed E-state index contributed by atoms with van der Waals surface area (Å²) in [5.41, 5.74) is 7.78. The van der Waals surface area contributed by atoms with Crippen molar-refractivity contribution in [2.24, 2.45) is 0 Å². The van der Waals surface area contributed by atoms with Gasteiger partial charge in [0.05, 0.1) is 5.69 Å². The van der Waals surface area contributed by atoms with Crippen molar-refractivity contribution in [3.63, 3.8) is 0 Å². The standard InChI is InChI=1S/C21H16F2N4OS/c1-11-6-7-12(24)10-14(11)18-13-8-9-17(28)27(20(13)26-21(25-18)29-2)19-15(22)4-3-5-16(19)23/h3-10H,24H2,1-2H3. The van der Waals surface area contributed by atoms with Gasteiger partial charge in [-0.3, -0.25) is 9.36 Å². The average Bonchev–Trinajstić information content (AvgIpc) is 2.70. The first kappa shape index (κ1) is 19.1. The zero-order valence-electron chi connectivity index (χ0n) is 15.6. The molecular formula is C21H16F2N4OS. The number of hydrogen-bond acceptors (Lipinski definition) is 5. The normalized spacial score (nSPS) is 11.2. The van der Waals surface area contributed by atoms with Crippen LogP contribution in [0.2, 0.25) is 0 Å². The number of para-hydroxylation sites is 1. The highest BCUT2D eigenvalue weighted by molar-refractivity contribution is 7.98. The number of rotatable bonds is 3. The largest absolute Gasteiger partial charge is 0.399 e. The number of halogens is 2. The predicted octanol–water partition coefficient (Wildman–Crippen LogP) is 4.34. The molecule has 146 valence electrons. The molecule has 0 saturated carbocycles. The molecule has 5 nitrogen and oxygen atoms in total. The number of fused-ring (bicyclic) bond motifs is 1. The minimum absolute atomic E-state index is 0.123. The van der Waals surface area contributed by atoms with Crippen molar-refractivity contribution in [2.75, 3.05) is 12.0 Å². The first-order valence-corrected chi connectivity index (χ1v) is 9.92. The van der Waals surface area contributed by atoms with Gasteiger partial charge in [-0.25, -0.2) is 18.7 Å². The lowest BCUT2D eigenvalue weighted by Gasteiger charge is -2.15. The van der Waals surface area contributed by atoms with E-state index in [-0.39, 0.29) is 5.65 Å². The average molecular weight is 410 g/mol. The van der Waals surface area contributed by atoms with Gasteiger partial charge < -0.3 is 5.73 Å². The summed E-state index contributed by atoms with van der Waals surface area (Å²) < 4.78 is 30.0. The van der Waals surface area contributed by atoms with E-state index < -0.39 is 22.9 Å². The number of thioether (sulfide) groups is 1. The highest BCUT2D eigenvalue weighted by Gasteiger charge is 2.20. The third-order valence-corrected chi connectivity index (χ3v) is 5.14. The zero-order valence-corrected chi connectivity index (χ0v) is 16.4. The highest BCUT2D eigenvalue weighted by atomic mass is 32.2. The third kappa shape index (κ3) is 3.25. The van der Waals surface area contributed by atoms with Crippen molar-refractivity contribution < 1.29 is 8.78 Å². The smallest absolute Gasteiger partial charge is 0.256 e. The van der Waals surface area contributed by atoms with Gasteiger partial charge in [-0.15, -0.1) is 0 Å². The molecule has 0 spiro atoms. The number of aromatic nitrogens is 3. The van der Waals surface area contributed by atoms with Crippen LogP contribution in [-0.2, 0) is 0 Å². The van der Waals surface area contributed by atoms with E-state index in [2.05, 4.69) is 9.97 Å². The van der Waals surface area contributed by atoms with Gasteiger partial charge in [0, 0.05) is 22.7 Å². The maximum absolute atomic E-state index is 14.5. The summed E-state index contributed by atoms with van der Waals surface area (Å²) in [5, 5.41) is 0.851. The summed E-state index contributed by atoms with van der Waals surface area (Å²) in [6, 6.07) is 11.7. The van der Waals surface area contributed by atoms with E-state index in [1.807, 2.05) is 13.0 Å². The molecule has 2 N–H and O–H groups in total. The molecule has 0 fully saturated rings. The van der Waals surface area contributed by atoms with Crippen molar-refractivity contribution in [3.8, 4) is 16.9 Å². The molecule has 0 aliphatic carbocycles. The van der Waals surface area contributed by atoms with Crippen LogP contribution in [0.25, 0.3) is 28.0 Å². The Balaban J connectivity index is 2.17. The van der Waals surface area contributed by atoms with Gasteiger partial charge in [0.1, 0.15) is 17.3 Å². The Labute approximate surface area is 169 Å². The van der Waals surface area contributed by atoms with Gasteiger partial charge in [0.25, 0.3) is 5.56 Å². The summed E-state index contributed by atoms with van der Waals surface area (Å²) in [5.74, 6) is -1.71. The number of nitrogens with zero attached hydrogens (tertiary/aromatic N) is 3. The molecule has 0 aliphatic heterocycles. The first-order valence-electron chi connectivity index (χ1n) is 8.69. The molecule has 0 bridgehead atoms. The molecule has 0 saturated heterocycles. The van der Waals surface area contributed by atoms with E-state index in [1.165, 1.54) is 23.9 Å². The molecule has 0 radical (unpaired) electrons. The molecule has 8 heteroatoms. The Morgan fingerprint density at radius 1 is 1.03 bits per heavy atom. The molecule has 2 heterocycles. The van der Waals surface area contributed by atoms with E-state index in [1.54, 1.807) is 24.5 Å². The SMILES string of the molecule is CSc1nc(-c2cc(N)ccc2C)c2ccc(=O)n(-c3c(F)cccc3F)c2n1. The maximum atomic E-state index is 14.5. The Morgan fingerprint density at radius 2 is 1.76 bits per heavy atom. The van der Waals surface area contributed by atoms with Crippen LogP contribution in [0.4, 0.5) is 14.5 Å². The van der Waals surface area contributed by atoms with Gasteiger partial charge in [-0.2, -0.15) is 0 Å². The number of pyridine rings is 1. The molecule has 0 atom stereocenters. The van der Waals surface area contributed by atoms with Crippen LogP contribution in [0, 0.1) is 18.6 Å². The summed E-state index contributed by atoms with van der Waals surface area (Å²) in [7, 11) is 0. The summed E-state index contributed by atoms with van der Waals surface area (Å²) in [6.45, 7) is 1.91. The number of hydrogen-bond donors (Lipinski definition) is 1. The Morgan fingerprint density at radius 3 is 2.45 bits per heavy atom. The Hall–Kier alpha value is -3.26. The lowest BCUT2D eigenvalue weighted by Crippen LogP contribution is -2.21. The highest BCUT2D eigenvalue weighted by Crippen LogP contribution is 2.32. The Kier molecular flexibility index (Phi) is 4.79. The van der Waals surface area contributed by atoms with Gasteiger partial charge in [-0.05, 0) is 49.1 Å². The monoisotopic (exact) mass is 410 g/mol.